The minimum atomic E-state index is -0.418. The van der Waals surface area contributed by atoms with E-state index in [2.05, 4.69) is 16.9 Å². The van der Waals surface area contributed by atoms with E-state index in [-0.39, 0.29) is 11.5 Å². The number of aromatic nitrogens is 2. The molecule has 1 aliphatic heterocycles. The van der Waals surface area contributed by atoms with Gasteiger partial charge in [0.05, 0.1) is 17.8 Å². The number of H-pyrrole nitrogens is 1. The molecule has 0 spiro atoms. The van der Waals surface area contributed by atoms with E-state index in [9.17, 15) is 9.59 Å². The first-order chi connectivity index (χ1) is 9.82. The van der Waals surface area contributed by atoms with Crippen LogP contribution in [0.3, 0.4) is 0 Å². The van der Waals surface area contributed by atoms with Crippen molar-refractivity contribution in [1.82, 2.24) is 14.9 Å². The summed E-state index contributed by atoms with van der Waals surface area (Å²) in [6.07, 6.45) is 3.58. The van der Waals surface area contributed by atoms with Crippen molar-refractivity contribution in [1.29, 1.82) is 0 Å². The molecule has 0 unspecified atom stereocenters. The lowest BCUT2D eigenvalue weighted by Gasteiger charge is -2.32. The smallest absolute Gasteiger partial charge is 0.256 e. The lowest BCUT2D eigenvalue weighted by molar-refractivity contribution is -0.140. The Morgan fingerprint density at radius 3 is 2.71 bits per heavy atom. The first kappa shape index (κ1) is 15.7. The average Bonchev–Trinajstić information content (AvgIpc) is 2.43. The van der Waals surface area contributed by atoms with Gasteiger partial charge in [-0.25, -0.2) is 4.98 Å². The summed E-state index contributed by atoms with van der Waals surface area (Å²) in [4.78, 5) is 33.8. The van der Waals surface area contributed by atoms with E-state index in [1.807, 2.05) is 20.8 Å². The Balaban J connectivity index is 2.22. The summed E-state index contributed by atoms with van der Waals surface area (Å²) in [5, 5.41) is 0. The number of nitrogens with one attached hydrogen (secondary N) is 1. The van der Waals surface area contributed by atoms with E-state index >= 15 is 0 Å². The van der Waals surface area contributed by atoms with Crippen LogP contribution in [0.5, 0.6) is 0 Å². The molecule has 2 heterocycles. The number of rotatable bonds is 3. The van der Waals surface area contributed by atoms with Crippen LogP contribution >= 0.6 is 0 Å². The lowest BCUT2D eigenvalue weighted by atomic mass is 9.93. The van der Waals surface area contributed by atoms with E-state index in [0.29, 0.717) is 25.1 Å². The van der Waals surface area contributed by atoms with Crippen molar-refractivity contribution in [2.75, 3.05) is 6.54 Å². The molecule has 1 aromatic rings. The van der Waals surface area contributed by atoms with Crippen LogP contribution in [0.15, 0.2) is 4.79 Å². The third kappa shape index (κ3) is 3.52. The van der Waals surface area contributed by atoms with E-state index in [1.165, 1.54) is 0 Å². The fraction of sp³-hybridized carbons (Fsp3) is 0.688. The molecule has 5 nitrogen and oxygen atoms in total. The second-order valence-electron chi connectivity index (χ2n) is 6.77. The maximum absolute atomic E-state index is 12.3. The Morgan fingerprint density at radius 2 is 2.10 bits per heavy atom. The van der Waals surface area contributed by atoms with Crippen LogP contribution in [0.4, 0.5) is 0 Å². The van der Waals surface area contributed by atoms with E-state index in [0.717, 1.165) is 30.8 Å². The van der Waals surface area contributed by atoms with Crippen LogP contribution in [0, 0.1) is 5.41 Å². The SMILES string of the molecule is CCCCc1nc2c(c(=O)[nH]1)CN(C(=O)C(C)(C)C)CC2. The Kier molecular flexibility index (Phi) is 4.49. The maximum atomic E-state index is 12.3. The molecule has 0 bridgehead atoms. The van der Waals surface area contributed by atoms with Crippen molar-refractivity contribution in [2.24, 2.45) is 5.41 Å². The number of aromatic amines is 1. The number of unbranched alkanes of at least 4 members (excludes halogenated alkanes) is 1. The number of carbonyl (C=O) groups excluding carboxylic acids is 1. The van der Waals surface area contributed by atoms with Gasteiger partial charge in [-0.15, -0.1) is 0 Å². The topological polar surface area (TPSA) is 66.1 Å². The zero-order chi connectivity index (χ0) is 15.6. The molecule has 0 saturated heterocycles. The highest BCUT2D eigenvalue weighted by Crippen LogP contribution is 2.22. The Labute approximate surface area is 125 Å². The number of nitrogens with zero attached hydrogens (tertiary/aromatic N) is 2. The fourth-order valence-electron chi connectivity index (χ4n) is 2.59. The summed E-state index contributed by atoms with van der Waals surface area (Å²) in [7, 11) is 0. The first-order valence-electron chi connectivity index (χ1n) is 7.73. The minimum absolute atomic E-state index is 0.0856. The van der Waals surface area contributed by atoms with Crippen LogP contribution in [-0.2, 0) is 24.2 Å². The van der Waals surface area contributed by atoms with Crippen molar-refractivity contribution in [3.63, 3.8) is 0 Å². The molecule has 0 fully saturated rings. The van der Waals surface area contributed by atoms with Crippen molar-refractivity contribution < 1.29 is 4.79 Å². The number of hydrogen-bond acceptors (Lipinski definition) is 3. The molecule has 1 amide bonds. The summed E-state index contributed by atoms with van der Waals surface area (Å²) in [5.74, 6) is 0.860. The highest BCUT2D eigenvalue weighted by atomic mass is 16.2. The number of hydrogen-bond donors (Lipinski definition) is 1. The molecule has 0 saturated carbocycles. The van der Waals surface area contributed by atoms with Crippen molar-refractivity contribution in [3.8, 4) is 0 Å². The van der Waals surface area contributed by atoms with Crippen LogP contribution in [0.2, 0.25) is 0 Å². The standard InChI is InChI=1S/C16H25N3O2/c1-5-6-7-13-17-12-8-9-19(15(21)16(2,3)4)10-11(12)14(20)18-13/h5-10H2,1-4H3,(H,17,18,20). The molecule has 21 heavy (non-hydrogen) atoms. The zero-order valence-electron chi connectivity index (χ0n) is 13.5. The van der Waals surface area contributed by atoms with Gasteiger partial charge in [0.15, 0.2) is 0 Å². The molecule has 1 aliphatic rings. The first-order valence-corrected chi connectivity index (χ1v) is 7.73. The van der Waals surface area contributed by atoms with Crippen LogP contribution in [-0.4, -0.2) is 27.3 Å². The fourth-order valence-corrected chi connectivity index (χ4v) is 2.59. The number of amides is 1. The van der Waals surface area contributed by atoms with E-state index in [1.54, 1.807) is 4.90 Å². The zero-order valence-corrected chi connectivity index (χ0v) is 13.5. The van der Waals surface area contributed by atoms with Crippen LogP contribution < -0.4 is 5.56 Å². The Bertz CT molecular complexity index is 584. The summed E-state index contributed by atoms with van der Waals surface area (Å²) < 4.78 is 0. The van der Waals surface area contributed by atoms with Gasteiger partial charge >= 0.3 is 0 Å². The van der Waals surface area contributed by atoms with Crippen LogP contribution in [0.25, 0.3) is 0 Å². The minimum Gasteiger partial charge on any atom is -0.337 e. The van der Waals surface area contributed by atoms with Gasteiger partial charge in [0, 0.05) is 24.8 Å². The van der Waals surface area contributed by atoms with Gasteiger partial charge in [-0.2, -0.15) is 0 Å². The van der Waals surface area contributed by atoms with E-state index < -0.39 is 5.41 Å². The molecular formula is C16H25N3O2. The Hall–Kier alpha value is -1.65. The predicted molar refractivity (Wildman–Crippen MR) is 82.0 cm³/mol. The highest BCUT2D eigenvalue weighted by molar-refractivity contribution is 5.81. The molecule has 2 rings (SSSR count). The van der Waals surface area contributed by atoms with Gasteiger partial charge in [-0.3, -0.25) is 9.59 Å². The van der Waals surface area contributed by atoms with Gasteiger partial charge in [-0.05, 0) is 6.42 Å². The molecule has 116 valence electrons. The lowest BCUT2D eigenvalue weighted by Crippen LogP contribution is -2.44. The molecule has 0 aromatic carbocycles. The number of aryl methyl sites for hydroxylation is 1. The quantitative estimate of drug-likeness (QED) is 0.926. The number of carbonyl (C=O) groups is 1. The third-order valence-corrected chi connectivity index (χ3v) is 3.81. The van der Waals surface area contributed by atoms with Crippen LogP contribution in [0.1, 0.15) is 57.6 Å². The largest absolute Gasteiger partial charge is 0.337 e. The molecule has 5 heteroatoms. The van der Waals surface area contributed by atoms with Gasteiger partial charge in [0.25, 0.3) is 5.56 Å². The second-order valence-corrected chi connectivity index (χ2v) is 6.77. The summed E-state index contributed by atoms with van der Waals surface area (Å²) >= 11 is 0. The van der Waals surface area contributed by atoms with Crippen molar-refractivity contribution in [2.45, 2.75) is 59.9 Å². The molecule has 0 aliphatic carbocycles. The molecule has 0 radical (unpaired) electrons. The van der Waals surface area contributed by atoms with Gasteiger partial charge in [0.2, 0.25) is 5.91 Å². The third-order valence-electron chi connectivity index (χ3n) is 3.81. The summed E-state index contributed by atoms with van der Waals surface area (Å²) in [5.41, 5.74) is 1.01. The van der Waals surface area contributed by atoms with Gasteiger partial charge in [-0.1, -0.05) is 34.1 Å². The van der Waals surface area contributed by atoms with E-state index in [4.69, 9.17) is 0 Å². The predicted octanol–water partition coefficient (Wildman–Crippen LogP) is 2.04. The number of fused-ring (bicyclic) bond motifs is 1. The summed E-state index contributed by atoms with van der Waals surface area (Å²) in [6, 6.07) is 0. The normalized spacial score (nSPS) is 15.0. The maximum Gasteiger partial charge on any atom is 0.256 e. The highest BCUT2D eigenvalue weighted by Gasteiger charge is 2.31. The van der Waals surface area contributed by atoms with Gasteiger partial charge in [0.1, 0.15) is 5.82 Å². The molecule has 1 aromatic heterocycles. The van der Waals surface area contributed by atoms with Crippen molar-refractivity contribution in [3.05, 3.63) is 27.4 Å². The monoisotopic (exact) mass is 291 g/mol. The van der Waals surface area contributed by atoms with Gasteiger partial charge < -0.3 is 9.88 Å². The summed E-state index contributed by atoms with van der Waals surface area (Å²) in [6.45, 7) is 8.85. The molecule has 1 N–H and O–H groups in total. The molecular weight excluding hydrogens is 266 g/mol. The molecule has 0 atom stereocenters. The second kappa shape index (κ2) is 6.00. The average molecular weight is 291 g/mol. The van der Waals surface area contributed by atoms with Crippen molar-refractivity contribution >= 4 is 5.91 Å². The Morgan fingerprint density at radius 1 is 1.38 bits per heavy atom.